The summed E-state index contributed by atoms with van der Waals surface area (Å²) in [4.78, 5) is 4.51. The standard InChI is InChI=1S/C15H24N4/c1-6-14(10(2)3)16-8-12-7-13-11(4)18-19(5)15(13)17-9-12/h7,9-10,14,16H,6,8H2,1-5H3. The summed E-state index contributed by atoms with van der Waals surface area (Å²) in [5.74, 6) is 0.654. The minimum Gasteiger partial charge on any atom is -0.310 e. The fourth-order valence-electron chi connectivity index (χ4n) is 2.55. The molecule has 0 aliphatic heterocycles. The molecule has 2 aromatic rings. The molecule has 2 rings (SSSR count). The third-order valence-electron chi connectivity index (χ3n) is 3.73. The molecular formula is C15H24N4. The zero-order valence-corrected chi connectivity index (χ0v) is 12.6. The molecule has 0 saturated heterocycles. The lowest BCUT2D eigenvalue weighted by Gasteiger charge is -2.20. The highest BCUT2D eigenvalue weighted by molar-refractivity contribution is 5.78. The number of fused-ring (bicyclic) bond motifs is 1. The van der Waals surface area contributed by atoms with Crippen molar-refractivity contribution in [3.05, 3.63) is 23.5 Å². The summed E-state index contributed by atoms with van der Waals surface area (Å²) < 4.78 is 1.84. The maximum atomic E-state index is 4.51. The summed E-state index contributed by atoms with van der Waals surface area (Å²) in [5.41, 5.74) is 3.22. The molecule has 1 atom stereocenters. The van der Waals surface area contributed by atoms with Crippen molar-refractivity contribution < 1.29 is 0 Å². The Morgan fingerprint density at radius 2 is 2.11 bits per heavy atom. The molecule has 0 amide bonds. The number of hydrogen-bond acceptors (Lipinski definition) is 3. The molecule has 2 aromatic heterocycles. The summed E-state index contributed by atoms with van der Waals surface area (Å²) in [6.07, 6.45) is 3.10. The molecule has 4 nitrogen and oxygen atoms in total. The lowest BCUT2D eigenvalue weighted by atomic mass is 10.0. The molecule has 0 saturated carbocycles. The molecule has 0 aliphatic carbocycles. The van der Waals surface area contributed by atoms with Crippen LogP contribution in [0.5, 0.6) is 0 Å². The second kappa shape index (κ2) is 5.70. The molecule has 0 spiro atoms. The first-order chi connectivity index (χ1) is 9.02. The van der Waals surface area contributed by atoms with Crippen molar-refractivity contribution in [1.29, 1.82) is 0 Å². The highest BCUT2D eigenvalue weighted by Crippen LogP contribution is 2.16. The van der Waals surface area contributed by atoms with Gasteiger partial charge in [0.05, 0.1) is 5.69 Å². The fraction of sp³-hybridized carbons (Fsp3) is 0.600. The Morgan fingerprint density at radius 1 is 1.37 bits per heavy atom. The molecule has 1 unspecified atom stereocenters. The van der Waals surface area contributed by atoms with E-state index in [9.17, 15) is 0 Å². The molecule has 4 heteroatoms. The molecule has 0 aliphatic rings. The Kier molecular flexibility index (Phi) is 4.20. The highest BCUT2D eigenvalue weighted by Gasteiger charge is 2.11. The molecule has 0 bridgehead atoms. The van der Waals surface area contributed by atoms with E-state index in [0.29, 0.717) is 12.0 Å². The minimum absolute atomic E-state index is 0.561. The van der Waals surface area contributed by atoms with Gasteiger partial charge in [-0.3, -0.25) is 4.68 Å². The number of nitrogens with zero attached hydrogens (tertiary/aromatic N) is 3. The number of nitrogens with one attached hydrogen (secondary N) is 1. The van der Waals surface area contributed by atoms with Crippen LogP contribution in [0.2, 0.25) is 0 Å². The number of pyridine rings is 1. The Balaban J connectivity index is 2.15. The summed E-state index contributed by atoms with van der Waals surface area (Å²) in [7, 11) is 1.94. The number of aryl methyl sites for hydroxylation is 2. The van der Waals surface area contributed by atoms with Crippen LogP contribution in [0.15, 0.2) is 12.3 Å². The second-order valence-electron chi connectivity index (χ2n) is 5.56. The van der Waals surface area contributed by atoms with Crippen LogP contribution in [-0.4, -0.2) is 20.8 Å². The van der Waals surface area contributed by atoms with Gasteiger partial charge in [0.1, 0.15) is 0 Å². The molecule has 0 radical (unpaired) electrons. The van der Waals surface area contributed by atoms with Gasteiger partial charge in [-0.05, 0) is 30.9 Å². The predicted octanol–water partition coefficient (Wildman–Crippen LogP) is 2.80. The van der Waals surface area contributed by atoms with Gasteiger partial charge in [-0.1, -0.05) is 20.8 Å². The lowest BCUT2D eigenvalue weighted by molar-refractivity contribution is 0.387. The molecule has 0 aromatic carbocycles. The van der Waals surface area contributed by atoms with Crippen molar-refractivity contribution in [1.82, 2.24) is 20.1 Å². The maximum absolute atomic E-state index is 4.51. The van der Waals surface area contributed by atoms with Crippen molar-refractivity contribution in [3.63, 3.8) is 0 Å². The van der Waals surface area contributed by atoms with E-state index in [-0.39, 0.29) is 0 Å². The van der Waals surface area contributed by atoms with Crippen molar-refractivity contribution in [2.24, 2.45) is 13.0 Å². The van der Waals surface area contributed by atoms with E-state index < -0.39 is 0 Å². The SMILES string of the molecule is CCC(NCc1cnc2c(c1)c(C)nn2C)C(C)C. The molecule has 2 heterocycles. The summed E-state index contributed by atoms with van der Waals surface area (Å²) in [5, 5.41) is 9.17. The van der Waals surface area contributed by atoms with E-state index in [1.165, 1.54) is 5.56 Å². The summed E-state index contributed by atoms with van der Waals surface area (Å²) >= 11 is 0. The van der Waals surface area contributed by atoms with Gasteiger partial charge in [0.15, 0.2) is 5.65 Å². The van der Waals surface area contributed by atoms with Crippen molar-refractivity contribution in [2.75, 3.05) is 0 Å². The smallest absolute Gasteiger partial charge is 0.157 e. The number of rotatable bonds is 5. The van der Waals surface area contributed by atoms with Gasteiger partial charge in [-0.2, -0.15) is 5.10 Å². The maximum Gasteiger partial charge on any atom is 0.157 e. The zero-order valence-electron chi connectivity index (χ0n) is 12.6. The Morgan fingerprint density at radius 3 is 2.74 bits per heavy atom. The minimum atomic E-state index is 0.561. The van der Waals surface area contributed by atoms with E-state index in [1.807, 2.05) is 24.9 Å². The van der Waals surface area contributed by atoms with Crippen LogP contribution in [0.1, 0.15) is 38.4 Å². The molecule has 104 valence electrons. The summed E-state index contributed by atoms with van der Waals surface area (Å²) in [6, 6.07) is 2.76. The fourth-order valence-corrected chi connectivity index (χ4v) is 2.55. The van der Waals surface area contributed by atoms with E-state index in [0.717, 1.165) is 29.7 Å². The summed E-state index contributed by atoms with van der Waals surface area (Å²) in [6.45, 7) is 9.64. The van der Waals surface area contributed by atoms with Crippen LogP contribution in [0, 0.1) is 12.8 Å². The third kappa shape index (κ3) is 2.95. The van der Waals surface area contributed by atoms with Crippen molar-refractivity contribution in [3.8, 4) is 0 Å². The highest BCUT2D eigenvalue weighted by atomic mass is 15.3. The average Bonchev–Trinajstić information content (AvgIpc) is 2.65. The van der Waals surface area contributed by atoms with Crippen LogP contribution in [0.4, 0.5) is 0 Å². The van der Waals surface area contributed by atoms with E-state index in [2.05, 4.69) is 42.2 Å². The van der Waals surface area contributed by atoms with Gasteiger partial charge in [0.25, 0.3) is 0 Å². The number of hydrogen-bond donors (Lipinski definition) is 1. The Bertz CT molecular complexity index is 557. The first kappa shape index (κ1) is 14.0. The van der Waals surface area contributed by atoms with Gasteiger partial charge in [0.2, 0.25) is 0 Å². The monoisotopic (exact) mass is 260 g/mol. The lowest BCUT2D eigenvalue weighted by Crippen LogP contribution is -2.32. The van der Waals surface area contributed by atoms with Crippen LogP contribution >= 0.6 is 0 Å². The predicted molar refractivity (Wildman–Crippen MR) is 79.0 cm³/mol. The van der Waals surface area contributed by atoms with Crippen LogP contribution in [0.3, 0.4) is 0 Å². The molecular weight excluding hydrogens is 236 g/mol. The largest absolute Gasteiger partial charge is 0.310 e. The van der Waals surface area contributed by atoms with Crippen molar-refractivity contribution in [2.45, 2.75) is 46.7 Å². The number of aromatic nitrogens is 3. The van der Waals surface area contributed by atoms with Gasteiger partial charge in [-0.25, -0.2) is 4.98 Å². The van der Waals surface area contributed by atoms with Crippen LogP contribution < -0.4 is 5.32 Å². The third-order valence-corrected chi connectivity index (χ3v) is 3.73. The average molecular weight is 260 g/mol. The second-order valence-corrected chi connectivity index (χ2v) is 5.56. The van der Waals surface area contributed by atoms with Gasteiger partial charge >= 0.3 is 0 Å². The quantitative estimate of drug-likeness (QED) is 0.899. The van der Waals surface area contributed by atoms with E-state index in [4.69, 9.17) is 0 Å². The zero-order chi connectivity index (χ0) is 14.0. The molecule has 19 heavy (non-hydrogen) atoms. The van der Waals surface area contributed by atoms with Gasteiger partial charge in [-0.15, -0.1) is 0 Å². The Hall–Kier alpha value is -1.42. The Labute approximate surface area is 115 Å². The van der Waals surface area contributed by atoms with Crippen LogP contribution in [0.25, 0.3) is 11.0 Å². The first-order valence-electron chi connectivity index (χ1n) is 7.04. The topological polar surface area (TPSA) is 42.7 Å². The van der Waals surface area contributed by atoms with Gasteiger partial charge in [0, 0.05) is 31.2 Å². The van der Waals surface area contributed by atoms with E-state index in [1.54, 1.807) is 0 Å². The molecule has 0 fully saturated rings. The first-order valence-corrected chi connectivity index (χ1v) is 7.04. The molecule has 1 N–H and O–H groups in total. The van der Waals surface area contributed by atoms with Crippen LogP contribution in [-0.2, 0) is 13.6 Å². The van der Waals surface area contributed by atoms with E-state index >= 15 is 0 Å². The normalized spacial score (nSPS) is 13.4. The van der Waals surface area contributed by atoms with Gasteiger partial charge < -0.3 is 5.32 Å². The van der Waals surface area contributed by atoms with Crippen molar-refractivity contribution >= 4 is 11.0 Å².